The molecule has 0 saturated heterocycles. The van der Waals surface area contributed by atoms with Crippen molar-refractivity contribution >= 4 is 23.5 Å². The van der Waals surface area contributed by atoms with Gasteiger partial charge < -0.3 is 9.30 Å². The molecule has 2 aromatic carbocycles. The Labute approximate surface area is 202 Å². The Bertz CT molecular complexity index is 1290. The number of aliphatic imine (C=N–C) groups is 1. The fourth-order valence-corrected chi connectivity index (χ4v) is 3.87. The maximum atomic E-state index is 14.3. The normalized spacial score (nSPS) is 14.1. The van der Waals surface area contributed by atoms with E-state index in [0.717, 1.165) is 23.4 Å². The summed E-state index contributed by atoms with van der Waals surface area (Å²) in [7, 11) is 1.60. The minimum absolute atomic E-state index is 0.0591. The summed E-state index contributed by atoms with van der Waals surface area (Å²) in [5.74, 6) is -0.684. The summed E-state index contributed by atoms with van der Waals surface area (Å²) in [4.78, 5) is 20.9. The third kappa shape index (κ3) is 5.08. The molecule has 1 amide bonds. The summed E-state index contributed by atoms with van der Waals surface area (Å²) < 4.78 is 36.0. The topological polar surface area (TPSA) is 63.0 Å². The zero-order chi connectivity index (χ0) is 25.1. The van der Waals surface area contributed by atoms with Crippen LogP contribution >= 0.6 is 0 Å². The van der Waals surface area contributed by atoms with Crippen molar-refractivity contribution in [3.05, 3.63) is 77.4 Å². The van der Waals surface area contributed by atoms with Gasteiger partial charge in [-0.15, -0.1) is 0 Å². The molecule has 1 aliphatic heterocycles. The highest BCUT2D eigenvalue weighted by Gasteiger charge is 2.27. The lowest BCUT2D eigenvalue weighted by molar-refractivity contribution is -0.117. The number of aromatic nitrogens is 2. The van der Waals surface area contributed by atoms with Crippen LogP contribution in [-0.4, -0.2) is 46.5 Å². The number of nitrogens with zero attached hydrogens (tertiary/aromatic N) is 5. The van der Waals surface area contributed by atoms with Crippen LogP contribution in [0.4, 0.5) is 14.5 Å². The lowest BCUT2D eigenvalue weighted by Crippen LogP contribution is -2.52. The molecule has 1 aliphatic rings. The summed E-state index contributed by atoms with van der Waals surface area (Å²) >= 11 is 0. The number of methoxy groups -OCH3 is 1. The molecule has 0 fully saturated rings. The fraction of sp³-hybridized carbons (Fsp3) is 0.269. The highest BCUT2D eigenvalue weighted by Crippen LogP contribution is 2.27. The van der Waals surface area contributed by atoms with Crippen LogP contribution < -0.4 is 9.75 Å². The number of hydrogen-bond acceptors (Lipinski definition) is 5. The van der Waals surface area contributed by atoms with E-state index >= 15 is 0 Å². The van der Waals surface area contributed by atoms with Crippen molar-refractivity contribution in [2.24, 2.45) is 4.99 Å². The predicted octanol–water partition coefficient (Wildman–Crippen LogP) is 4.86. The second-order valence-electron chi connectivity index (χ2n) is 8.27. The number of aryl methyl sites for hydroxylation is 1. The van der Waals surface area contributed by atoms with Crippen molar-refractivity contribution in [2.45, 2.75) is 27.2 Å². The maximum Gasteiger partial charge on any atom is 0.269 e. The van der Waals surface area contributed by atoms with E-state index < -0.39 is 17.5 Å². The van der Waals surface area contributed by atoms with Gasteiger partial charge in [0.05, 0.1) is 30.5 Å². The van der Waals surface area contributed by atoms with Crippen LogP contribution in [0.25, 0.3) is 11.8 Å². The van der Waals surface area contributed by atoms with E-state index in [4.69, 9.17) is 4.74 Å². The number of hydrazine groups is 1. The molecule has 0 spiro atoms. The molecule has 0 unspecified atom stereocenters. The van der Waals surface area contributed by atoms with Crippen LogP contribution in [-0.2, 0) is 4.79 Å². The number of carbonyl (C=O) groups excluding carboxylic acids is 1. The molecule has 0 radical (unpaired) electrons. The van der Waals surface area contributed by atoms with E-state index in [9.17, 15) is 13.6 Å². The average Bonchev–Trinajstić information content (AvgIpc) is 3.27. The Morgan fingerprint density at radius 1 is 1.11 bits per heavy atom. The van der Waals surface area contributed by atoms with Crippen molar-refractivity contribution in [3.63, 3.8) is 0 Å². The Kier molecular flexibility index (Phi) is 6.95. The highest BCUT2D eigenvalue weighted by atomic mass is 19.1. The van der Waals surface area contributed by atoms with Gasteiger partial charge in [0, 0.05) is 18.3 Å². The first-order valence-electron chi connectivity index (χ1n) is 11.3. The number of carbonyl (C=O) groups is 1. The second-order valence-corrected chi connectivity index (χ2v) is 8.27. The lowest BCUT2D eigenvalue weighted by Gasteiger charge is -2.39. The minimum atomic E-state index is -0.663. The summed E-state index contributed by atoms with van der Waals surface area (Å²) in [6.07, 6.45) is 7.90. The monoisotopic (exact) mass is 479 g/mol. The van der Waals surface area contributed by atoms with Crippen LogP contribution in [0.3, 0.4) is 0 Å². The van der Waals surface area contributed by atoms with Gasteiger partial charge in [-0.05, 0) is 56.2 Å². The number of rotatable bonds is 7. The molecule has 0 saturated carbocycles. The van der Waals surface area contributed by atoms with Crippen molar-refractivity contribution in [1.29, 1.82) is 0 Å². The molecular formula is C26H27F2N5O2. The van der Waals surface area contributed by atoms with Crippen LogP contribution in [0, 0.1) is 25.5 Å². The number of amidine groups is 1. The van der Waals surface area contributed by atoms with Crippen molar-refractivity contribution < 1.29 is 18.3 Å². The standard InChI is InChI=1S/C26H27F2N5O2/c1-5-10-32-25(30-26(34)15-33(32)20-12-21(27)18(3)22(28)13-20)9-7-19-6-8-23(24(11-19)35-4)31-14-17(2)29-16-31/h6-9,11-14,16H,5,10,15H2,1-4H3/b9-7+. The predicted molar refractivity (Wildman–Crippen MR) is 132 cm³/mol. The first-order chi connectivity index (χ1) is 16.8. The van der Waals surface area contributed by atoms with Crippen LogP contribution in [0.5, 0.6) is 5.75 Å². The zero-order valence-corrected chi connectivity index (χ0v) is 20.1. The third-order valence-electron chi connectivity index (χ3n) is 5.70. The molecule has 0 bridgehead atoms. The Morgan fingerprint density at radius 2 is 1.86 bits per heavy atom. The van der Waals surface area contributed by atoms with Crippen molar-refractivity contribution in [3.8, 4) is 11.4 Å². The van der Waals surface area contributed by atoms with E-state index in [0.29, 0.717) is 18.1 Å². The Hall–Kier alpha value is -4.01. The number of anilines is 1. The van der Waals surface area contributed by atoms with Gasteiger partial charge in [-0.1, -0.05) is 19.1 Å². The molecule has 0 atom stereocenters. The van der Waals surface area contributed by atoms with Gasteiger partial charge in [0.25, 0.3) is 5.91 Å². The van der Waals surface area contributed by atoms with Gasteiger partial charge in [0.2, 0.25) is 0 Å². The molecule has 0 N–H and O–H groups in total. The summed E-state index contributed by atoms with van der Waals surface area (Å²) in [6.45, 7) is 5.68. The third-order valence-corrected chi connectivity index (χ3v) is 5.70. The minimum Gasteiger partial charge on any atom is -0.495 e. The summed E-state index contributed by atoms with van der Waals surface area (Å²) in [6, 6.07) is 8.19. The van der Waals surface area contributed by atoms with Gasteiger partial charge in [-0.2, -0.15) is 4.99 Å². The lowest BCUT2D eigenvalue weighted by atomic mass is 10.1. The van der Waals surface area contributed by atoms with Crippen molar-refractivity contribution in [1.82, 2.24) is 14.6 Å². The van der Waals surface area contributed by atoms with Gasteiger partial charge in [-0.3, -0.25) is 14.8 Å². The quantitative estimate of drug-likeness (QED) is 0.484. The van der Waals surface area contributed by atoms with Gasteiger partial charge in [0.15, 0.2) is 5.84 Å². The van der Waals surface area contributed by atoms with E-state index in [1.807, 2.05) is 48.9 Å². The Balaban J connectivity index is 1.65. The smallest absolute Gasteiger partial charge is 0.269 e. The molecule has 182 valence electrons. The van der Waals surface area contributed by atoms with E-state index in [2.05, 4.69) is 9.98 Å². The summed E-state index contributed by atoms with van der Waals surface area (Å²) in [5, 5.41) is 3.33. The number of amides is 1. The molecule has 35 heavy (non-hydrogen) atoms. The largest absolute Gasteiger partial charge is 0.495 e. The average molecular weight is 480 g/mol. The number of halogens is 2. The number of imidazole rings is 1. The SMILES string of the molecule is CCCN1C(/C=C/c2ccc(-n3cnc(C)c3)c(OC)c2)=NC(=O)CN1c1cc(F)c(C)c(F)c1. The molecule has 0 aliphatic carbocycles. The summed E-state index contributed by atoms with van der Waals surface area (Å²) in [5.41, 5.74) is 2.77. The first kappa shape index (κ1) is 24.1. The number of benzene rings is 2. The van der Waals surface area contributed by atoms with Gasteiger partial charge in [0.1, 0.15) is 23.9 Å². The fourth-order valence-electron chi connectivity index (χ4n) is 3.87. The van der Waals surface area contributed by atoms with Crippen LogP contribution in [0.15, 0.2) is 53.9 Å². The second kappa shape index (κ2) is 10.1. The van der Waals surface area contributed by atoms with Crippen LogP contribution in [0.2, 0.25) is 0 Å². The molecule has 3 aromatic rings. The first-order valence-corrected chi connectivity index (χ1v) is 11.3. The molecule has 1 aromatic heterocycles. The number of hydrogen-bond donors (Lipinski definition) is 0. The zero-order valence-electron chi connectivity index (χ0n) is 20.1. The van der Waals surface area contributed by atoms with E-state index in [-0.39, 0.29) is 17.8 Å². The molecule has 7 nitrogen and oxygen atoms in total. The maximum absolute atomic E-state index is 14.3. The van der Waals surface area contributed by atoms with E-state index in [1.165, 1.54) is 19.1 Å². The van der Waals surface area contributed by atoms with Crippen LogP contribution in [0.1, 0.15) is 30.2 Å². The van der Waals surface area contributed by atoms with E-state index in [1.54, 1.807) is 29.5 Å². The molecule has 9 heteroatoms. The van der Waals surface area contributed by atoms with Gasteiger partial charge >= 0.3 is 0 Å². The number of ether oxygens (including phenoxy) is 1. The molecular weight excluding hydrogens is 452 g/mol. The highest BCUT2D eigenvalue weighted by molar-refractivity contribution is 6.07. The van der Waals surface area contributed by atoms with Gasteiger partial charge in [-0.25, -0.2) is 13.8 Å². The molecule has 4 rings (SSSR count). The Morgan fingerprint density at radius 3 is 2.49 bits per heavy atom. The van der Waals surface area contributed by atoms with Crippen molar-refractivity contribution in [2.75, 3.05) is 25.2 Å². The molecule has 2 heterocycles.